The van der Waals surface area contributed by atoms with Gasteiger partial charge < -0.3 is 20.7 Å². The Morgan fingerprint density at radius 3 is 2.44 bits per heavy atom. The van der Waals surface area contributed by atoms with E-state index in [9.17, 15) is 4.79 Å². The predicted octanol–water partition coefficient (Wildman–Crippen LogP) is 4.05. The van der Waals surface area contributed by atoms with E-state index in [-0.39, 0.29) is 11.5 Å². The van der Waals surface area contributed by atoms with E-state index in [0.29, 0.717) is 24.3 Å². The molecule has 3 N–H and O–H groups in total. The Bertz CT molecular complexity index is 652. The number of nitrogens with one attached hydrogen (secondary N) is 1. The van der Waals surface area contributed by atoms with Gasteiger partial charge in [0.1, 0.15) is 5.60 Å². The Morgan fingerprint density at radius 1 is 1.36 bits per heavy atom. The molecule has 1 amide bonds. The van der Waals surface area contributed by atoms with Gasteiger partial charge in [-0.1, -0.05) is 13.8 Å². The molecule has 0 heterocycles. The topological polar surface area (TPSA) is 91.4 Å². The van der Waals surface area contributed by atoms with E-state index in [1.807, 2.05) is 20.8 Å². The highest BCUT2D eigenvalue weighted by Gasteiger charge is 2.26. The van der Waals surface area contributed by atoms with E-state index in [4.69, 9.17) is 15.7 Å². The lowest BCUT2D eigenvalue weighted by molar-refractivity contribution is 0.0243. The molecule has 0 saturated heterocycles. The molecule has 0 radical (unpaired) electrons. The van der Waals surface area contributed by atoms with E-state index < -0.39 is 5.60 Å². The quantitative estimate of drug-likeness (QED) is 0.513. The molecule has 0 fully saturated rings. The van der Waals surface area contributed by atoms with E-state index in [0.717, 1.165) is 9.26 Å². The maximum atomic E-state index is 12.1. The molecule has 0 aliphatic rings. The number of nitrogen functional groups attached to an aromatic ring is 1. The molecule has 25 heavy (non-hydrogen) atoms. The van der Waals surface area contributed by atoms with Crippen LogP contribution in [-0.2, 0) is 4.74 Å². The highest BCUT2D eigenvalue weighted by molar-refractivity contribution is 14.1. The number of rotatable bonds is 5. The predicted molar refractivity (Wildman–Crippen MR) is 109 cm³/mol. The first-order valence-electron chi connectivity index (χ1n) is 8.02. The molecule has 0 spiro atoms. The number of nitrogens with two attached hydrogens (primary N) is 1. The van der Waals surface area contributed by atoms with E-state index in [2.05, 4.69) is 47.8 Å². The summed E-state index contributed by atoms with van der Waals surface area (Å²) in [7, 11) is 1.73. The summed E-state index contributed by atoms with van der Waals surface area (Å²) in [6, 6.07) is 5.54. The number of ether oxygens (including phenoxy) is 1. The number of halogens is 1. The van der Waals surface area contributed by atoms with Gasteiger partial charge >= 0.3 is 6.09 Å². The lowest BCUT2D eigenvalue weighted by Gasteiger charge is -2.32. The van der Waals surface area contributed by atoms with Crippen LogP contribution in [0, 0.1) is 20.3 Å². The third-order valence-electron chi connectivity index (χ3n) is 3.36. The van der Waals surface area contributed by atoms with Crippen LogP contribution in [0.15, 0.2) is 12.1 Å². The molecule has 0 atom stereocenters. The summed E-state index contributed by atoms with van der Waals surface area (Å²) < 4.78 is 6.28. The first-order valence-corrected chi connectivity index (χ1v) is 9.09. The average Bonchev–Trinajstić information content (AvgIpc) is 2.43. The van der Waals surface area contributed by atoms with Crippen molar-refractivity contribution in [3.05, 3.63) is 21.3 Å². The summed E-state index contributed by atoms with van der Waals surface area (Å²) in [4.78, 5) is 13.7. The van der Waals surface area contributed by atoms with Crippen LogP contribution in [0.2, 0.25) is 0 Å². The highest BCUT2D eigenvalue weighted by atomic mass is 127. The van der Waals surface area contributed by atoms with Crippen molar-refractivity contribution >= 4 is 40.1 Å². The van der Waals surface area contributed by atoms with E-state index in [1.165, 1.54) is 0 Å². The molecule has 138 valence electrons. The van der Waals surface area contributed by atoms with Gasteiger partial charge in [-0.05, 0) is 60.9 Å². The van der Waals surface area contributed by atoms with Crippen LogP contribution in [0.3, 0.4) is 0 Å². The van der Waals surface area contributed by atoms with Gasteiger partial charge in [0.25, 0.3) is 0 Å². The summed E-state index contributed by atoms with van der Waals surface area (Å²) in [6.07, 6.45) is -0.340. The molecule has 0 bridgehead atoms. The zero-order valence-electron chi connectivity index (χ0n) is 15.7. The normalized spacial score (nSPS) is 11.6. The molecule has 0 aliphatic carbocycles. The highest BCUT2D eigenvalue weighted by Crippen LogP contribution is 2.29. The van der Waals surface area contributed by atoms with Crippen LogP contribution in [0.4, 0.5) is 16.2 Å². The van der Waals surface area contributed by atoms with Gasteiger partial charge in [0.15, 0.2) is 0 Å². The van der Waals surface area contributed by atoms with Crippen LogP contribution < -0.4 is 11.1 Å². The molecule has 1 aromatic carbocycles. The fourth-order valence-electron chi connectivity index (χ4n) is 2.31. The summed E-state index contributed by atoms with van der Waals surface area (Å²) in [6.45, 7) is 10.8. The van der Waals surface area contributed by atoms with Crippen LogP contribution >= 0.6 is 22.6 Å². The number of hydrogen-bond donors (Lipinski definition) is 2. The number of hydrogen-bond acceptors (Lipinski definition) is 5. The Labute approximate surface area is 163 Å². The molecule has 0 saturated carbocycles. The molecule has 0 aliphatic heterocycles. The minimum Gasteiger partial charge on any atom is -0.444 e. The van der Waals surface area contributed by atoms with Gasteiger partial charge in [0, 0.05) is 23.7 Å². The summed E-state index contributed by atoms with van der Waals surface area (Å²) in [5.41, 5.74) is 7.22. The van der Waals surface area contributed by atoms with Crippen LogP contribution in [0.1, 0.15) is 40.2 Å². The van der Waals surface area contributed by atoms with Gasteiger partial charge in [-0.3, -0.25) is 0 Å². The molecule has 0 aromatic heterocycles. The molecule has 1 rings (SSSR count). The summed E-state index contributed by atoms with van der Waals surface area (Å²) in [5.74, 6) is 0. The SMILES string of the molecule is CN(CC(C)(C)CNc1c(N)cc(C#N)cc1I)C(=O)OC(C)(C)C. The number of anilines is 2. The van der Waals surface area contributed by atoms with Crippen molar-refractivity contribution in [2.45, 2.75) is 40.2 Å². The smallest absolute Gasteiger partial charge is 0.410 e. The second kappa shape index (κ2) is 8.13. The minimum absolute atomic E-state index is 0.199. The van der Waals surface area contributed by atoms with Gasteiger partial charge in [-0.15, -0.1) is 0 Å². The fourth-order valence-corrected chi connectivity index (χ4v) is 3.15. The Kier molecular flexibility index (Phi) is 6.94. The average molecular weight is 458 g/mol. The van der Waals surface area contributed by atoms with E-state index >= 15 is 0 Å². The zero-order valence-corrected chi connectivity index (χ0v) is 17.9. The Balaban J connectivity index is 2.73. The Hall–Kier alpha value is -1.69. The van der Waals surface area contributed by atoms with Gasteiger partial charge in [-0.2, -0.15) is 5.26 Å². The maximum absolute atomic E-state index is 12.1. The third-order valence-corrected chi connectivity index (χ3v) is 4.21. The number of amides is 1. The summed E-state index contributed by atoms with van der Waals surface area (Å²) >= 11 is 2.16. The van der Waals surface area contributed by atoms with Crippen molar-refractivity contribution in [3.63, 3.8) is 0 Å². The number of carbonyl (C=O) groups is 1. The number of carbonyl (C=O) groups excluding carboxylic acids is 1. The minimum atomic E-state index is -0.513. The molecule has 0 unspecified atom stereocenters. The molecular formula is C18H27IN4O2. The molecule has 7 heteroatoms. The van der Waals surface area contributed by atoms with Gasteiger partial charge in [0.2, 0.25) is 0 Å². The molecular weight excluding hydrogens is 431 g/mol. The van der Waals surface area contributed by atoms with Gasteiger partial charge in [0.05, 0.1) is 23.0 Å². The van der Waals surface area contributed by atoms with Gasteiger partial charge in [-0.25, -0.2) is 4.79 Å². The van der Waals surface area contributed by atoms with Crippen LogP contribution in [0.25, 0.3) is 0 Å². The fraction of sp³-hybridized carbons (Fsp3) is 0.556. The molecule has 1 aromatic rings. The second-order valence-electron chi connectivity index (χ2n) is 7.89. The van der Waals surface area contributed by atoms with Crippen molar-refractivity contribution in [3.8, 4) is 6.07 Å². The monoisotopic (exact) mass is 458 g/mol. The third kappa shape index (κ3) is 6.98. The lowest BCUT2D eigenvalue weighted by Crippen LogP contribution is -2.42. The first kappa shape index (κ1) is 21.4. The van der Waals surface area contributed by atoms with Crippen molar-refractivity contribution in [2.75, 3.05) is 31.2 Å². The second-order valence-corrected chi connectivity index (χ2v) is 9.05. The summed E-state index contributed by atoms with van der Waals surface area (Å²) in [5, 5.41) is 12.3. The molecule has 6 nitrogen and oxygen atoms in total. The number of nitrogens with zero attached hydrogens (tertiary/aromatic N) is 2. The van der Waals surface area contributed by atoms with Crippen LogP contribution in [0.5, 0.6) is 0 Å². The maximum Gasteiger partial charge on any atom is 0.410 e. The van der Waals surface area contributed by atoms with Crippen molar-refractivity contribution < 1.29 is 9.53 Å². The largest absolute Gasteiger partial charge is 0.444 e. The van der Waals surface area contributed by atoms with Crippen molar-refractivity contribution in [1.29, 1.82) is 5.26 Å². The van der Waals surface area contributed by atoms with Crippen molar-refractivity contribution in [2.24, 2.45) is 5.41 Å². The number of benzene rings is 1. The Morgan fingerprint density at radius 2 is 1.96 bits per heavy atom. The van der Waals surface area contributed by atoms with Crippen molar-refractivity contribution in [1.82, 2.24) is 4.90 Å². The van der Waals surface area contributed by atoms with Crippen LogP contribution in [-0.4, -0.2) is 36.7 Å². The zero-order chi connectivity index (χ0) is 19.4. The lowest BCUT2D eigenvalue weighted by atomic mass is 9.92. The first-order chi connectivity index (χ1) is 11.3. The standard InChI is InChI=1S/C18H27IN4O2/c1-17(2,3)25-16(24)23(6)11-18(4,5)10-22-15-13(19)7-12(9-20)8-14(15)21/h7-8,22H,10-11,21H2,1-6H3. The van der Waals surface area contributed by atoms with E-state index in [1.54, 1.807) is 24.1 Å². The number of nitriles is 1.